The first kappa shape index (κ1) is 23.9. The maximum absolute atomic E-state index is 5.98. The molecular formula is C22H41N7O2. The molecule has 3 heterocycles. The maximum Gasteiger partial charge on any atom is 0.191 e. The van der Waals surface area contributed by atoms with Crippen molar-refractivity contribution in [2.45, 2.75) is 65.2 Å². The van der Waals surface area contributed by atoms with E-state index in [-0.39, 0.29) is 12.2 Å². The Labute approximate surface area is 187 Å². The second-order valence-electron chi connectivity index (χ2n) is 8.93. The molecule has 9 heteroatoms. The average molecular weight is 436 g/mol. The van der Waals surface area contributed by atoms with Gasteiger partial charge in [-0.15, -0.1) is 10.2 Å². The molecule has 1 aromatic heterocycles. The number of aryl methyl sites for hydroxylation is 1. The molecule has 2 atom stereocenters. The van der Waals surface area contributed by atoms with Gasteiger partial charge in [-0.3, -0.25) is 9.89 Å². The zero-order valence-corrected chi connectivity index (χ0v) is 19.6. The highest BCUT2D eigenvalue weighted by molar-refractivity contribution is 5.79. The highest BCUT2D eigenvalue weighted by Crippen LogP contribution is 2.12. The number of ether oxygens (including phenoxy) is 2. The van der Waals surface area contributed by atoms with E-state index in [4.69, 9.17) is 14.5 Å². The topological polar surface area (TPSA) is 88.8 Å². The summed E-state index contributed by atoms with van der Waals surface area (Å²) in [6.07, 6.45) is 6.58. The monoisotopic (exact) mass is 435 g/mol. The summed E-state index contributed by atoms with van der Waals surface area (Å²) >= 11 is 0. The van der Waals surface area contributed by atoms with Crippen LogP contribution in [-0.2, 0) is 22.4 Å². The van der Waals surface area contributed by atoms with Crippen molar-refractivity contribution in [1.29, 1.82) is 0 Å². The van der Waals surface area contributed by atoms with Crippen molar-refractivity contribution in [2.24, 2.45) is 10.9 Å². The van der Waals surface area contributed by atoms with Gasteiger partial charge in [-0.05, 0) is 25.2 Å². The molecule has 0 amide bonds. The van der Waals surface area contributed by atoms with E-state index in [0.29, 0.717) is 12.5 Å². The van der Waals surface area contributed by atoms with E-state index in [2.05, 4.69) is 51.1 Å². The summed E-state index contributed by atoms with van der Waals surface area (Å²) in [6, 6.07) is 0. The van der Waals surface area contributed by atoms with Crippen LogP contribution in [0.15, 0.2) is 11.3 Å². The summed E-state index contributed by atoms with van der Waals surface area (Å²) < 4.78 is 13.9. The van der Waals surface area contributed by atoms with E-state index in [9.17, 15) is 0 Å². The lowest BCUT2D eigenvalue weighted by molar-refractivity contribution is -0.0262. The van der Waals surface area contributed by atoms with Gasteiger partial charge in [0.15, 0.2) is 5.96 Å². The van der Waals surface area contributed by atoms with Gasteiger partial charge >= 0.3 is 0 Å². The van der Waals surface area contributed by atoms with Crippen LogP contribution in [0.25, 0.3) is 0 Å². The predicted octanol–water partition coefficient (Wildman–Crippen LogP) is 1.30. The van der Waals surface area contributed by atoms with Gasteiger partial charge in [-0.25, -0.2) is 0 Å². The Hall–Kier alpha value is -1.71. The number of hydrogen-bond acceptors (Lipinski definition) is 6. The molecule has 3 rings (SSSR count). The third-order valence-corrected chi connectivity index (χ3v) is 5.73. The van der Waals surface area contributed by atoms with Gasteiger partial charge in [0.25, 0.3) is 0 Å². The molecular weight excluding hydrogens is 394 g/mol. The summed E-state index contributed by atoms with van der Waals surface area (Å²) in [6.45, 7) is 14.3. The fourth-order valence-electron chi connectivity index (χ4n) is 4.15. The van der Waals surface area contributed by atoms with E-state index in [1.165, 1.54) is 12.8 Å². The molecule has 0 radical (unpaired) electrons. The van der Waals surface area contributed by atoms with Gasteiger partial charge in [0.1, 0.15) is 12.2 Å². The van der Waals surface area contributed by atoms with Crippen LogP contribution >= 0.6 is 0 Å². The lowest BCUT2D eigenvalue weighted by atomic mass is 10.1. The van der Waals surface area contributed by atoms with Gasteiger partial charge < -0.3 is 24.7 Å². The second kappa shape index (κ2) is 13.0. The van der Waals surface area contributed by atoms with Gasteiger partial charge in [-0.2, -0.15) is 0 Å². The smallest absolute Gasteiger partial charge is 0.191 e. The largest absolute Gasteiger partial charge is 0.376 e. The van der Waals surface area contributed by atoms with Crippen LogP contribution in [0, 0.1) is 5.92 Å². The number of aromatic nitrogens is 3. The van der Waals surface area contributed by atoms with E-state index < -0.39 is 0 Å². The third-order valence-electron chi connectivity index (χ3n) is 5.73. The normalized spacial score (nSPS) is 23.3. The number of nitrogens with zero attached hydrogens (tertiary/aromatic N) is 5. The van der Waals surface area contributed by atoms with Crippen LogP contribution < -0.4 is 10.6 Å². The molecule has 1 aromatic rings. The summed E-state index contributed by atoms with van der Waals surface area (Å²) in [5, 5.41) is 15.1. The van der Waals surface area contributed by atoms with Crippen LogP contribution in [-0.4, -0.2) is 90.3 Å². The molecule has 2 saturated heterocycles. The molecule has 0 bridgehead atoms. The van der Waals surface area contributed by atoms with Crippen molar-refractivity contribution in [3.8, 4) is 0 Å². The Kier molecular flexibility index (Phi) is 10.0. The standard InChI is InChI=1S/C22H41N7O2/c1-4-21-27-26-17-29(21)9-8-23-22(24-13-19-7-5-6-11-30-19)25-14-20-16-28(10-12-31-20)15-18(2)3/h17-20H,4-16H2,1-3H3,(H2,23,24,25). The van der Waals surface area contributed by atoms with Crippen LogP contribution in [0.1, 0.15) is 45.9 Å². The Bertz CT molecular complexity index is 658. The maximum atomic E-state index is 5.98. The minimum atomic E-state index is 0.140. The van der Waals surface area contributed by atoms with Crippen LogP contribution in [0.3, 0.4) is 0 Å². The Morgan fingerprint density at radius 1 is 1.23 bits per heavy atom. The zero-order chi connectivity index (χ0) is 21.9. The number of hydrogen-bond donors (Lipinski definition) is 2. The van der Waals surface area contributed by atoms with Crippen molar-refractivity contribution in [3.05, 3.63) is 12.2 Å². The highest BCUT2D eigenvalue weighted by Gasteiger charge is 2.21. The van der Waals surface area contributed by atoms with Crippen LogP contribution in [0.4, 0.5) is 0 Å². The van der Waals surface area contributed by atoms with Crippen molar-refractivity contribution in [1.82, 2.24) is 30.3 Å². The molecule has 2 aliphatic rings. The van der Waals surface area contributed by atoms with E-state index in [0.717, 1.165) is 77.1 Å². The van der Waals surface area contributed by atoms with Crippen LogP contribution in [0.5, 0.6) is 0 Å². The first-order valence-electron chi connectivity index (χ1n) is 12.0. The second-order valence-corrected chi connectivity index (χ2v) is 8.93. The van der Waals surface area contributed by atoms with Crippen molar-refractivity contribution < 1.29 is 9.47 Å². The molecule has 9 nitrogen and oxygen atoms in total. The summed E-state index contributed by atoms with van der Waals surface area (Å²) in [7, 11) is 0. The van der Waals surface area contributed by atoms with Gasteiger partial charge in [-0.1, -0.05) is 20.8 Å². The number of rotatable bonds is 10. The molecule has 0 spiro atoms. The summed E-state index contributed by atoms with van der Waals surface area (Å²) in [5.74, 6) is 2.50. The highest BCUT2D eigenvalue weighted by atomic mass is 16.5. The number of nitrogens with one attached hydrogen (secondary N) is 2. The number of aliphatic imine (C=N–C) groups is 1. The molecule has 176 valence electrons. The molecule has 2 aliphatic heterocycles. The minimum absolute atomic E-state index is 0.140. The molecule has 31 heavy (non-hydrogen) atoms. The van der Waals surface area contributed by atoms with E-state index in [1.807, 2.05) is 0 Å². The molecule has 2 N–H and O–H groups in total. The lowest BCUT2D eigenvalue weighted by Gasteiger charge is -2.33. The number of morpholine rings is 1. The summed E-state index contributed by atoms with van der Waals surface area (Å²) in [4.78, 5) is 7.34. The van der Waals surface area contributed by atoms with Gasteiger partial charge in [0.2, 0.25) is 0 Å². The third kappa shape index (κ3) is 8.38. The van der Waals surface area contributed by atoms with Gasteiger partial charge in [0.05, 0.1) is 25.4 Å². The molecule has 0 aliphatic carbocycles. The Morgan fingerprint density at radius 2 is 2.10 bits per heavy atom. The van der Waals surface area contributed by atoms with E-state index in [1.54, 1.807) is 6.33 Å². The predicted molar refractivity (Wildman–Crippen MR) is 122 cm³/mol. The number of guanidine groups is 1. The minimum Gasteiger partial charge on any atom is -0.376 e. The molecule has 0 aromatic carbocycles. The fourth-order valence-corrected chi connectivity index (χ4v) is 4.15. The van der Waals surface area contributed by atoms with Crippen molar-refractivity contribution >= 4 is 5.96 Å². The van der Waals surface area contributed by atoms with Crippen molar-refractivity contribution in [3.63, 3.8) is 0 Å². The van der Waals surface area contributed by atoms with Crippen molar-refractivity contribution in [2.75, 3.05) is 52.5 Å². The SMILES string of the molecule is CCc1nncn1CCNC(=NCC1CN(CC(C)C)CCO1)NCC1CCCCO1. The molecule has 2 fully saturated rings. The lowest BCUT2D eigenvalue weighted by Crippen LogP contribution is -2.47. The molecule has 2 unspecified atom stereocenters. The Balaban J connectivity index is 1.52. The first-order valence-corrected chi connectivity index (χ1v) is 12.0. The quantitative estimate of drug-likeness (QED) is 0.423. The van der Waals surface area contributed by atoms with E-state index >= 15 is 0 Å². The average Bonchev–Trinajstić information content (AvgIpc) is 3.23. The molecule has 0 saturated carbocycles. The van der Waals surface area contributed by atoms with Crippen LogP contribution in [0.2, 0.25) is 0 Å². The zero-order valence-electron chi connectivity index (χ0n) is 19.6. The first-order chi connectivity index (χ1) is 15.1. The Morgan fingerprint density at radius 3 is 2.87 bits per heavy atom. The summed E-state index contributed by atoms with van der Waals surface area (Å²) in [5.41, 5.74) is 0. The van der Waals surface area contributed by atoms with Gasteiger partial charge in [0, 0.05) is 52.3 Å². The fraction of sp³-hybridized carbons (Fsp3) is 0.864.